The smallest absolute Gasteiger partial charge is 0.181 e. The Hall–Kier alpha value is -0.390. The monoisotopic (exact) mass is 345 g/mol. The normalized spacial score (nSPS) is 17.4. The summed E-state index contributed by atoms with van der Waals surface area (Å²) in [5.41, 5.74) is 0. The van der Waals surface area contributed by atoms with E-state index in [2.05, 4.69) is 28.2 Å². The van der Waals surface area contributed by atoms with E-state index in [1.54, 1.807) is 18.2 Å². The zero-order chi connectivity index (χ0) is 13.9. The summed E-state index contributed by atoms with van der Waals surface area (Å²) in [5, 5.41) is 3.38. The number of hydrogen-bond acceptors (Lipinski definition) is 3. The van der Waals surface area contributed by atoms with E-state index in [0.29, 0.717) is 15.3 Å². The molecule has 0 heterocycles. The summed E-state index contributed by atoms with van der Waals surface area (Å²) in [6.45, 7) is 2.98. The molecule has 1 aliphatic carbocycles. The molecule has 1 saturated carbocycles. The van der Waals surface area contributed by atoms with Crippen molar-refractivity contribution in [3.05, 3.63) is 28.7 Å². The lowest BCUT2D eigenvalue weighted by atomic mass is 10.2. The summed E-state index contributed by atoms with van der Waals surface area (Å²) in [7, 11) is -3.23. The maximum atomic E-state index is 12.5. The van der Waals surface area contributed by atoms with Crippen molar-refractivity contribution in [1.82, 2.24) is 5.32 Å². The fourth-order valence-corrected chi connectivity index (χ4v) is 4.93. The van der Waals surface area contributed by atoms with Crippen molar-refractivity contribution in [2.24, 2.45) is 5.92 Å². The maximum absolute atomic E-state index is 12.5. The van der Waals surface area contributed by atoms with E-state index in [0.717, 1.165) is 25.8 Å². The molecule has 0 spiro atoms. The van der Waals surface area contributed by atoms with E-state index in [9.17, 15) is 8.42 Å². The van der Waals surface area contributed by atoms with Gasteiger partial charge in [0.15, 0.2) is 9.84 Å². The molecule has 0 bridgehead atoms. The summed E-state index contributed by atoms with van der Waals surface area (Å²) in [6.07, 6.45) is 3.32. The predicted molar refractivity (Wildman–Crippen MR) is 81.0 cm³/mol. The summed E-state index contributed by atoms with van der Waals surface area (Å²) >= 11 is 3.33. The quantitative estimate of drug-likeness (QED) is 0.826. The zero-order valence-corrected chi connectivity index (χ0v) is 13.5. The van der Waals surface area contributed by atoms with Crippen LogP contribution in [-0.2, 0) is 9.84 Å². The molecule has 106 valence electrons. The minimum absolute atomic E-state index is 0.0945. The van der Waals surface area contributed by atoms with Crippen molar-refractivity contribution in [1.29, 1.82) is 0 Å². The van der Waals surface area contributed by atoms with E-state index < -0.39 is 9.84 Å². The molecule has 1 aromatic carbocycles. The van der Waals surface area contributed by atoms with Gasteiger partial charge in [-0.3, -0.25) is 0 Å². The van der Waals surface area contributed by atoms with Gasteiger partial charge >= 0.3 is 0 Å². The van der Waals surface area contributed by atoms with Crippen LogP contribution in [0.5, 0.6) is 0 Å². The fraction of sp³-hybridized carbons (Fsp3) is 0.571. The minimum Gasteiger partial charge on any atom is -0.313 e. The van der Waals surface area contributed by atoms with Crippen LogP contribution in [0.4, 0.5) is 0 Å². The number of nitrogens with one attached hydrogen (secondary N) is 1. The van der Waals surface area contributed by atoms with E-state index in [1.807, 2.05) is 6.07 Å². The fourth-order valence-electron chi connectivity index (χ4n) is 2.21. The van der Waals surface area contributed by atoms with Gasteiger partial charge in [0.2, 0.25) is 0 Å². The molecule has 1 N–H and O–H groups in total. The maximum Gasteiger partial charge on any atom is 0.181 e. The Morgan fingerprint density at radius 2 is 2.05 bits per heavy atom. The second-order valence-electron chi connectivity index (χ2n) is 5.11. The Kier molecular flexibility index (Phi) is 5.03. The Morgan fingerprint density at radius 1 is 1.37 bits per heavy atom. The molecular formula is C14H20BrNO2S. The first-order chi connectivity index (χ1) is 9.04. The average Bonchev–Trinajstić information content (AvgIpc) is 3.19. The first-order valence-corrected chi connectivity index (χ1v) is 9.20. The van der Waals surface area contributed by atoms with Crippen LogP contribution in [0.15, 0.2) is 33.6 Å². The van der Waals surface area contributed by atoms with Crippen molar-refractivity contribution < 1.29 is 8.42 Å². The number of halogens is 1. The molecule has 0 aromatic heterocycles. The van der Waals surface area contributed by atoms with E-state index in [4.69, 9.17) is 0 Å². The molecule has 0 amide bonds. The van der Waals surface area contributed by atoms with Crippen LogP contribution in [0.25, 0.3) is 0 Å². The highest BCUT2D eigenvalue weighted by Crippen LogP contribution is 2.34. The number of hydrogen-bond donors (Lipinski definition) is 1. The van der Waals surface area contributed by atoms with Crippen molar-refractivity contribution in [3.8, 4) is 0 Å². The van der Waals surface area contributed by atoms with Crippen molar-refractivity contribution in [2.45, 2.75) is 37.1 Å². The van der Waals surface area contributed by atoms with Gasteiger partial charge in [0.25, 0.3) is 0 Å². The summed E-state index contributed by atoms with van der Waals surface area (Å²) in [6, 6.07) is 7.14. The molecule has 1 aliphatic rings. The summed E-state index contributed by atoms with van der Waals surface area (Å²) < 4.78 is 25.6. The van der Waals surface area contributed by atoms with Gasteiger partial charge in [-0.1, -0.05) is 19.1 Å². The summed E-state index contributed by atoms with van der Waals surface area (Å²) in [5.74, 6) is 0.726. The number of sulfone groups is 1. The second kappa shape index (κ2) is 6.37. The van der Waals surface area contributed by atoms with E-state index in [1.165, 1.54) is 0 Å². The molecular weight excluding hydrogens is 326 g/mol. The van der Waals surface area contributed by atoms with Crippen LogP contribution in [0.3, 0.4) is 0 Å². The van der Waals surface area contributed by atoms with Crippen LogP contribution in [0, 0.1) is 5.92 Å². The SMILES string of the molecule is CCCNC(CS(=O)(=O)c1ccccc1Br)C1CC1. The van der Waals surface area contributed by atoms with Gasteiger partial charge in [-0.2, -0.15) is 0 Å². The van der Waals surface area contributed by atoms with Crippen molar-refractivity contribution >= 4 is 25.8 Å². The zero-order valence-electron chi connectivity index (χ0n) is 11.1. The van der Waals surface area contributed by atoms with Gasteiger partial charge in [0.05, 0.1) is 10.6 Å². The van der Waals surface area contributed by atoms with E-state index >= 15 is 0 Å². The first-order valence-electron chi connectivity index (χ1n) is 6.75. The molecule has 1 unspecified atom stereocenters. The second-order valence-corrected chi connectivity index (χ2v) is 7.97. The van der Waals surface area contributed by atoms with Crippen LogP contribution in [0.1, 0.15) is 26.2 Å². The van der Waals surface area contributed by atoms with E-state index in [-0.39, 0.29) is 11.8 Å². The Morgan fingerprint density at radius 3 is 2.63 bits per heavy atom. The average molecular weight is 346 g/mol. The Bertz CT molecular complexity index is 526. The molecule has 2 rings (SSSR count). The Labute approximate surface area is 123 Å². The standard InChI is InChI=1S/C14H20BrNO2S/c1-2-9-16-13(11-7-8-11)10-19(17,18)14-6-4-3-5-12(14)15/h3-6,11,13,16H,2,7-10H2,1H3. The van der Waals surface area contributed by atoms with Crippen LogP contribution in [0.2, 0.25) is 0 Å². The first kappa shape index (κ1) is 15.0. The van der Waals surface area contributed by atoms with Gasteiger partial charge in [0.1, 0.15) is 0 Å². The third-order valence-corrected chi connectivity index (χ3v) is 6.20. The molecule has 1 atom stereocenters. The minimum atomic E-state index is -3.23. The molecule has 1 aromatic rings. The largest absolute Gasteiger partial charge is 0.313 e. The molecule has 3 nitrogen and oxygen atoms in total. The van der Waals surface area contributed by atoms with Crippen LogP contribution in [-0.4, -0.2) is 26.8 Å². The molecule has 0 aliphatic heterocycles. The third kappa shape index (κ3) is 4.04. The highest BCUT2D eigenvalue weighted by Gasteiger charge is 2.34. The number of benzene rings is 1. The molecule has 0 radical (unpaired) electrons. The lowest BCUT2D eigenvalue weighted by Gasteiger charge is -2.18. The van der Waals surface area contributed by atoms with Gasteiger partial charge in [-0.15, -0.1) is 0 Å². The van der Waals surface area contributed by atoms with Crippen LogP contribution < -0.4 is 5.32 Å². The van der Waals surface area contributed by atoms with Gasteiger partial charge in [-0.25, -0.2) is 8.42 Å². The third-order valence-electron chi connectivity index (χ3n) is 3.42. The topological polar surface area (TPSA) is 46.2 Å². The number of rotatable bonds is 7. The van der Waals surface area contributed by atoms with Gasteiger partial charge < -0.3 is 5.32 Å². The lowest BCUT2D eigenvalue weighted by molar-refractivity contribution is 0.489. The van der Waals surface area contributed by atoms with Crippen molar-refractivity contribution in [2.75, 3.05) is 12.3 Å². The van der Waals surface area contributed by atoms with Crippen molar-refractivity contribution in [3.63, 3.8) is 0 Å². The highest BCUT2D eigenvalue weighted by atomic mass is 79.9. The molecule has 19 heavy (non-hydrogen) atoms. The van der Waals surface area contributed by atoms with Gasteiger partial charge in [-0.05, 0) is 59.8 Å². The Balaban J connectivity index is 2.13. The highest BCUT2D eigenvalue weighted by molar-refractivity contribution is 9.10. The molecule has 5 heteroatoms. The lowest BCUT2D eigenvalue weighted by Crippen LogP contribution is -2.38. The molecule has 0 saturated heterocycles. The summed E-state index contributed by atoms with van der Waals surface area (Å²) in [4.78, 5) is 0.402. The van der Waals surface area contributed by atoms with Crippen LogP contribution >= 0.6 is 15.9 Å². The predicted octanol–water partition coefficient (Wildman–Crippen LogP) is 3.00. The van der Waals surface area contributed by atoms with Gasteiger partial charge in [0, 0.05) is 10.5 Å². The molecule has 1 fully saturated rings.